The lowest BCUT2D eigenvalue weighted by atomic mass is 10.0. The van der Waals surface area contributed by atoms with Gasteiger partial charge in [-0.05, 0) is 50.6 Å². The highest BCUT2D eigenvalue weighted by atomic mass is 35.5. The second kappa shape index (κ2) is 6.91. The lowest BCUT2D eigenvalue weighted by Crippen LogP contribution is -2.24. The Kier molecular flexibility index (Phi) is 5.21. The summed E-state index contributed by atoms with van der Waals surface area (Å²) in [5.74, 6) is 1.39. The first-order valence-electron chi connectivity index (χ1n) is 6.84. The summed E-state index contributed by atoms with van der Waals surface area (Å²) < 4.78 is 19.6. The molecule has 0 bridgehead atoms. The van der Waals surface area contributed by atoms with Gasteiger partial charge in [-0.15, -0.1) is 0 Å². The summed E-state index contributed by atoms with van der Waals surface area (Å²) in [6.07, 6.45) is 1.47. The second-order valence-electron chi connectivity index (χ2n) is 4.86. The molecule has 2 rings (SSSR count). The maximum absolute atomic E-state index is 13.9. The minimum absolute atomic E-state index is 0.0713. The fraction of sp³-hybridized carbons (Fsp3) is 0.375. The van der Waals surface area contributed by atoms with E-state index in [1.807, 2.05) is 19.1 Å². The first kappa shape index (κ1) is 15.1. The molecule has 1 aromatic carbocycles. The van der Waals surface area contributed by atoms with Gasteiger partial charge in [0.25, 0.3) is 0 Å². The van der Waals surface area contributed by atoms with Crippen LogP contribution in [0.15, 0.2) is 34.7 Å². The average Bonchev–Trinajstić information content (AvgIpc) is 2.84. The molecule has 1 unspecified atom stereocenters. The lowest BCUT2D eigenvalue weighted by Gasteiger charge is -2.17. The minimum Gasteiger partial charge on any atom is -0.465 e. The molecule has 2 nitrogen and oxygen atoms in total. The van der Waals surface area contributed by atoms with Crippen molar-refractivity contribution in [1.82, 2.24) is 5.32 Å². The van der Waals surface area contributed by atoms with Gasteiger partial charge in [-0.25, -0.2) is 4.39 Å². The van der Waals surface area contributed by atoms with E-state index in [1.54, 1.807) is 12.1 Å². The van der Waals surface area contributed by atoms with E-state index in [1.165, 1.54) is 6.07 Å². The Hall–Kier alpha value is -1.32. The van der Waals surface area contributed by atoms with Crippen LogP contribution in [0, 0.1) is 12.7 Å². The monoisotopic (exact) mass is 295 g/mol. The van der Waals surface area contributed by atoms with Gasteiger partial charge in [-0.1, -0.05) is 24.6 Å². The summed E-state index contributed by atoms with van der Waals surface area (Å²) in [5.41, 5.74) is 0.525. The standard InChI is InChI=1S/C16H19ClFNO/c1-3-9-19-15(16-8-7-11(2)20-16)10-12-13(17)5-4-6-14(12)18/h4-8,15,19H,3,9-10H2,1-2H3. The maximum Gasteiger partial charge on any atom is 0.127 e. The number of nitrogens with one attached hydrogen (secondary N) is 1. The predicted octanol–water partition coefficient (Wildman–Crippen LogP) is 4.66. The normalized spacial score (nSPS) is 12.6. The molecule has 0 saturated heterocycles. The molecular formula is C16H19ClFNO. The van der Waals surface area contributed by atoms with Gasteiger partial charge in [0.2, 0.25) is 0 Å². The maximum atomic E-state index is 13.9. The molecule has 0 fully saturated rings. The van der Waals surface area contributed by atoms with E-state index >= 15 is 0 Å². The summed E-state index contributed by atoms with van der Waals surface area (Å²) in [6, 6.07) is 8.54. The van der Waals surface area contributed by atoms with Crippen molar-refractivity contribution in [3.05, 3.63) is 58.3 Å². The van der Waals surface area contributed by atoms with Gasteiger partial charge in [0, 0.05) is 10.6 Å². The molecule has 0 saturated carbocycles. The third kappa shape index (κ3) is 3.62. The topological polar surface area (TPSA) is 25.2 Å². The number of benzene rings is 1. The molecule has 1 N–H and O–H groups in total. The van der Waals surface area contributed by atoms with Crippen LogP contribution in [0.2, 0.25) is 5.02 Å². The lowest BCUT2D eigenvalue weighted by molar-refractivity contribution is 0.395. The molecule has 0 amide bonds. The van der Waals surface area contributed by atoms with E-state index in [0.717, 1.165) is 24.5 Å². The second-order valence-corrected chi connectivity index (χ2v) is 5.27. The summed E-state index contributed by atoms with van der Waals surface area (Å²) in [5, 5.41) is 3.84. The van der Waals surface area contributed by atoms with E-state index in [2.05, 4.69) is 12.2 Å². The molecule has 4 heteroatoms. The quantitative estimate of drug-likeness (QED) is 0.838. The Labute approximate surface area is 123 Å². The molecule has 0 aliphatic carbocycles. The van der Waals surface area contributed by atoms with Crippen molar-refractivity contribution in [2.24, 2.45) is 0 Å². The Balaban J connectivity index is 2.23. The van der Waals surface area contributed by atoms with Gasteiger partial charge in [0.05, 0.1) is 6.04 Å². The Bertz CT molecular complexity index is 547. The van der Waals surface area contributed by atoms with Gasteiger partial charge in [-0.2, -0.15) is 0 Å². The van der Waals surface area contributed by atoms with Gasteiger partial charge < -0.3 is 9.73 Å². The summed E-state index contributed by atoms with van der Waals surface area (Å²) >= 11 is 6.10. The zero-order chi connectivity index (χ0) is 14.5. The smallest absolute Gasteiger partial charge is 0.127 e. The highest BCUT2D eigenvalue weighted by molar-refractivity contribution is 6.31. The summed E-state index contributed by atoms with van der Waals surface area (Å²) in [6.45, 7) is 4.83. The van der Waals surface area contributed by atoms with Crippen molar-refractivity contribution >= 4 is 11.6 Å². The van der Waals surface area contributed by atoms with Gasteiger partial charge in [0.15, 0.2) is 0 Å². The van der Waals surface area contributed by atoms with Crippen molar-refractivity contribution in [3.8, 4) is 0 Å². The van der Waals surface area contributed by atoms with Crippen LogP contribution in [0.3, 0.4) is 0 Å². The Morgan fingerprint density at radius 3 is 2.70 bits per heavy atom. The van der Waals surface area contributed by atoms with E-state index in [4.69, 9.17) is 16.0 Å². The number of halogens is 2. The Morgan fingerprint density at radius 2 is 2.10 bits per heavy atom. The van der Waals surface area contributed by atoms with Crippen molar-refractivity contribution in [3.63, 3.8) is 0 Å². The largest absolute Gasteiger partial charge is 0.465 e. The predicted molar refractivity (Wildman–Crippen MR) is 79.6 cm³/mol. The van der Waals surface area contributed by atoms with E-state index < -0.39 is 0 Å². The van der Waals surface area contributed by atoms with Crippen molar-refractivity contribution in [2.75, 3.05) is 6.54 Å². The zero-order valence-corrected chi connectivity index (χ0v) is 12.5. The van der Waals surface area contributed by atoms with Gasteiger partial charge >= 0.3 is 0 Å². The van der Waals surface area contributed by atoms with Crippen molar-refractivity contribution in [1.29, 1.82) is 0 Å². The summed E-state index contributed by atoms with van der Waals surface area (Å²) in [4.78, 5) is 0. The van der Waals surface area contributed by atoms with Crippen LogP contribution in [0.4, 0.5) is 4.39 Å². The molecule has 0 aliphatic heterocycles. The fourth-order valence-electron chi connectivity index (χ4n) is 2.16. The van der Waals surface area contributed by atoms with Gasteiger partial charge in [-0.3, -0.25) is 0 Å². The number of furan rings is 1. The third-order valence-corrected chi connectivity index (χ3v) is 3.57. The van der Waals surface area contributed by atoms with Crippen LogP contribution in [0.25, 0.3) is 0 Å². The highest BCUT2D eigenvalue weighted by Crippen LogP contribution is 2.26. The molecule has 1 heterocycles. The van der Waals surface area contributed by atoms with Crippen molar-refractivity contribution < 1.29 is 8.81 Å². The molecule has 20 heavy (non-hydrogen) atoms. The van der Waals surface area contributed by atoms with Crippen LogP contribution in [-0.4, -0.2) is 6.54 Å². The SMILES string of the molecule is CCCNC(Cc1c(F)cccc1Cl)c1ccc(C)o1. The number of hydrogen-bond donors (Lipinski definition) is 1. The number of rotatable bonds is 6. The number of hydrogen-bond acceptors (Lipinski definition) is 2. The third-order valence-electron chi connectivity index (χ3n) is 3.22. The molecule has 0 spiro atoms. The highest BCUT2D eigenvalue weighted by Gasteiger charge is 2.18. The first-order valence-corrected chi connectivity index (χ1v) is 7.22. The molecule has 0 radical (unpaired) electrons. The van der Waals surface area contributed by atoms with Crippen LogP contribution in [-0.2, 0) is 6.42 Å². The van der Waals surface area contributed by atoms with Crippen LogP contribution >= 0.6 is 11.6 Å². The Morgan fingerprint density at radius 1 is 1.30 bits per heavy atom. The molecule has 2 aromatic rings. The van der Waals surface area contributed by atoms with E-state index in [0.29, 0.717) is 17.0 Å². The molecular weight excluding hydrogens is 277 g/mol. The molecule has 1 atom stereocenters. The first-order chi connectivity index (χ1) is 9.61. The molecule has 0 aliphatic rings. The van der Waals surface area contributed by atoms with E-state index in [-0.39, 0.29) is 11.9 Å². The van der Waals surface area contributed by atoms with Crippen LogP contribution in [0.1, 0.15) is 36.5 Å². The average molecular weight is 296 g/mol. The fourth-order valence-corrected chi connectivity index (χ4v) is 2.40. The zero-order valence-electron chi connectivity index (χ0n) is 11.7. The molecule has 1 aromatic heterocycles. The molecule has 108 valence electrons. The number of aryl methyl sites for hydroxylation is 1. The van der Waals surface area contributed by atoms with Crippen LogP contribution in [0.5, 0.6) is 0 Å². The van der Waals surface area contributed by atoms with Gasteiger partial charge in [0.1, 0.15) is 17.3 Å². The minimum atomic E-state index is -0.274. The summed E-state index contributed by atoms with van der Waals surface area (Å²) in [7, 11) is 0. The van der Waals surface area contributed by atoms with Crippen molar-refractivity contribution in [2.45, 2.75) is 32.7 Å². The van der Waals surface area contributed by atoms with Crippen LogP contribution < -0.4 is 5.32 Å². The van der Waals surface area contributed by atoms with E-state index in [9.17, 15) is 4.39 Å².